The van der Waals surface area contributed by atoms with Gasteiger partial charge in [-0.3, -0.25) is 0 Å². The molecule has 0 amide bonds. The van der Waals surface area contributed by atoms with Crippen LogP contribution >= 0.6 is 11.3 Å². The van der Waals surface area contributed by atoms with E-state index in [-0.39, 0.29) is 0 Å². The van der Waals surface area contributed by atoms with Gasteiger partial charge in [0, 0.05) is 17.6 Å². The number of rotatable bonds is 7. The average Bonchev–Trinajstić information content (AvgIpc) is 2.64. The SMILES string of the molecule is CC(C)CCCCNS(=O)(=O)c1cc(N)cs1. The maximum atomic E-state index is 11.8. The molecule has 0 unspecified atom stereocenters. The van der Waals surface area contributed by atoms with Crippen LogP contribution < -0.4 is 10.5 Å². The summed E-state index contributed by atoms with van der Waals surface area (Å²) in [6.07, 6.45) is 3.05. The molecule has 0 aliphatic heterocycles. The van der Waals surface area contributed by atoms with Crippen LogP contribution in [0.1, 0.15) is 33.1 Å². The number of unbranched alkanes of at least 4 members (excludes halogenated alkanes) is 1. The van der Waals surface area contributed by atoms with Crippen molar-refractivity contribution in [3.63, 3.8) is 0 Å². The van der Waals surface area contributed by atoms with Crippen molar-refractivity contribution in [1.82, 2.24) is 4.72 Å². The predicted octanol–water partition coefficient (Wildman–Crippen LogP) is 2.43. The first-order valence-electron chi connectivity index (χ1n) is 5.75. The first-order valence-corrected chi connectivity index (χ1v) is 8.12. The van der Waals surface area contributed by atoms with Crippen LogP contribution in [0.3, 0.4) is 0 Å². The van der Waals surface area contributed by atoms with E-state index >= 15 is 0 Å². The third kappa shape index (κ3) is 5.06. The highest BCUT2D eigenvalue weighted by atomic mass is 32.2. The fourth-order valence-electron chi connectivity index (χ4n) is 1.43. The van der Waals surface area contributed by atoms with Crippen molar-refractivity contribution in [2.75, 3.05) is 12.3 Å². The quantitative estimate of drug-likeness (QED) is 0.751. The van der Waals surface area contributed by atoms with Gasteiger partial charge in [0.05, 0.1) is 0 Å². The first kappa shape index (κ1) is 14.5. The van der Waals surface area contributed by atoms with Crippen LogP contribution in [0, 0.1) is 5.92 Å². The number of nitrogens with two attached hydrogens (primary N) is 1. The molecule has 98 valence electrons. The molecular formula is C11H20N2O2S2. The van der Waals surface area contributed by atoms with E-state index in [2.05, 4.69) is 18.6 Å². The lowest BCUT2D eigenvalue weighted by molar-refractivity contribution is 0.531. The monoisotopic (exact) mass is 276 g/mol. The van der Waals surface area contributed by atoms with E-state index in [0.717, 1.165) is 30.6 Å². The fourth-order valence-corrected chi connectivity index (χ4v) is 3.63. The Morgan fingerprint density at radius 2 is 2.12 bits per heavy atom. The summed E-state index contributed by atoms with van der Waals surface area (Å²) in [4.78, 5) is 0. The van der Waals surface area contributed by atoms with E-state index in [9.17, 15) is 8.42 Å². The van der Waals surface area contributed by atoms with Gasteiger partial charge in [0.25, 0.3) is 0 Å². The highest BCUT2D eigenvalue weighted by molar-refractivity contribution is 7.91. The highest BCUT2D eigenvalue weighted by Gasteiger charge is 2.15. The molecule has 0 saturated heterocycles. The molecule has 0 aliphatic carbocycles. The van der Waals surface area contributed by atoms with Crippen molar-refractivity contribution in [3.05, 3.63) is 11.4 Å². The zero-order valence-corrected chi connectivity index (χ0v) is 11.9. The predicted molar refractivity (Wildman–Crippen MR) is 72.6 cm³/mol. The zero-order chi connectivity index (χ0) is 12.9. The minimum atomic E-state index is -3.35. The van der Waals surface area contributed by atoms with Gasteiger partial charge in [-0.25, -0.2) is 13.1 Å². The number of nitrogen functional groups attached to an aromatic ring is 1. The summed E-state index contributed by atoms with van der Waals surface area (Å²) in [5.74, 6) is 0.670. The second-order valence-electron chi connectivity index (χ2n) is 4.49. The Morgan fingerprint density at radius 1 is 1.41 bits per heavy atom. The summed E-state index contributed by atoms with van der Waals surface area (Å²) in [6, 6.07) is 1.49. The second-order valence-corrected chi connectivity index (χ2v) is 7.39. The smallest absolute Gasteiger partial charge is 0.250 e. The Kier molecular flexibility index (Phi) is 5.42. The van der Waals surface area contributed by atoms with E-state index in [1.54, 1.807) is 5.38 Å². The van der Waals surface area contributed by atoms with Crippen molar-refractivity contribution in [3.8, 4) is 0 Å². The largest absolute Gasteiger partial charge is 0.398 e. The Balaban J connectivity index is 2.36. The second kappa shape index (κ2) is 6.37. The summed E-state index contributed by atoms with van der Waals surface area (Å²) in [6.45, 7) is 4.82. The van der Waals surface area contributed by atoms with Crippen LogP contribution in [0.25, 0.3) is 0 Å². The number of sulfonamides is 1. The first-order chi connectivity index (χ1) is 7.92. The number of nitrogens with one attached hydrogen (secondary N) is 1. The van der Waals surface area contributed by atoms with Gasteiger partial charge in [-0.2, -0.15) is 0 Å². The van der Waals surface area contributed by atoms with Crippen LogP contribution in [0.5, 0.6) is 0 Å². The Labute approximate surface area is 107 Å². The molecule has 3 N–H and O–H groups in total. The van der Waals surface area contributed by atoms with E-state index < -0.39 is 10.0 Å². The molecule has 0 radical (unpaired) electrons. The van der Waals surface area contributed by atoms with E-state index in [1.165, 1.54) is 6.07 Å². The van der Waals surface area contributed by atoms with Crippen molar-refractivity contribution >= 4 is 27.0 Å². The topological polar surface area (TPSA) is 72.2 Å². The third-order valence-corrected chi connectivity index (χ3v) is 5.28. The summed E-state index contributed by atoms with van der Waals surface area (Å²) >= 11 is 1.15. The van der Waals surface area contributed by atoms with Crippen molar-refractivity contribution in [2.24, 2.45) is 5.92 Å². The van der Waals surface area contributed by atoms with Crippen molar-refractivity contribution in [2.45, 2.75) is 37.3 Å². The number of hydrogen-bond acceptors (Lipinski definition) is 4. The molecule has 1 heterocycles. The average molecular weight is 276 g/mol. The van der Waals surface area contributed by atoms with Gasteiger partial charge >= 0.3 is 0 Å². The van der Waals surface area contributed by atoms with Crippen LogP contribution in [0.2, 0.25) is 0 Å². The molecule has 0 atom stereocenters. The van der Waals surface area contributed by atoms with Crippen LogP contribution in [0.4, 0.5) is 5.69 Å². The summed E-state index contributed by atoms with van der Waals surface area (Å²) in [5, 5.41) is 1.63. The lowest BCUT2D eigenvalue weighted by atomic mass is 10.1. The van der Waals surface area contributed by atoms with Gasteiger partial charge in [0.1, 0.15) is 4.21 Å². The summed E-state index contributed by atoms with van der Waals surface area (Å²) in [7, 11) is -3.35. The molecule has 1 aromatic rings. The number of thiophene rings is 1. The molecule has 4 nitrogen and oxygen atoms in total. The van der Waals surface area contributed by atoms with Gasteiger partial charge in [0.15, 0.2) is 0 Å². The van der Waals surface area contributed by atoms with E-state index in [0.29, 0.717) is 22.4 Å². The van der Waals surface area contributed by atoms with Crippen molar-refractivity contribution in [1.29, 1.82) is 0 Å². The van der Waals surface area contributed by atoms with Gasteiger partial charge in [-0.05, 0) is 18.4 Å². The van der Waals surface area contributed by atoms with Gasteiger partial charge in [-0.15, -0.1) is 11.3 Å². The minimum absolute atomic E-state index is 0.291. The van der Waals surface area contributed by atoms with Crippen LogP contribution in [-0.4, -0.2) is 15.0 Å². The molecule has 6 heteroatoms. The fraction of sp³-hybridized carbons (Fsp3) is 0.636. The van der Waals surface area contributed by atoms with Crippen LogP contribution in [0.15, 0.2) is 15.7 Å². The molecule has 0 fully saturated rings. The summed E-state index contributed by atoms with van der Waals surface area (Å²) in [5.41, 5.74) is 6.00. The van der Waals surface area contributed by atoms with Crippen LogP contribution in [-0.2, 0) is 10.0 Å². The zero-order valence-electron chi connectivity index (χ0n) is 10.3. The Bertz CT molecular complexity index is 438. The molecule has 0 bridgehead atoms. The molecule has 17 heavy (non-hydrogen) atoms. The molecule has 0 aliphatic rings. The lowest BCUT2D eigenvalue weighted by Gasteiger charge is -2.06. The minimum Gasteiger partial charge on any atom is -0.398 e. The van der Waals surface area contributed by atoms with Crippen molar-refractivity contribution < 1.29 is 8.42 Å². The van der Waals surface area contributed by atoms with Gasteiger partial charge < -0.3 is 5.73 Å². The number of hydrogen-bond donors (Lipinski definition) is 2. The molecule has 0 aromatic carbocycles. The molecular weight excluding hydrogens is 256 g/mol. The molecule has 1 rings (SSSR count). The maximum Gasteiger partial charge on any atom is 0.250 e. The highest BCUT2D eigenvalue weighted by Crippen LogP contribution is 2.21. The normalized spacial score (nSPS) is 12.2. The van der Waals surface area contributed by atoms with Gasteiger partial charge in [0.2, 0.25) is 10.0 Å². The third-order valence-electron chi connectivity index (χ3n) is 2.36. The maximum absolute atomic E-state index is 11.8. The molecule has 1 aromatic heterocycles. The lowest BCUT2D eigenvalue weighted by Crippen LogP contribution is -2.24. The van der Waals surface area contributed by atoms with Gasteiger partial charge in [-0.1, -0.05) is 26.7 Å². The van der Waals surface area contributed by atoms with E-state index in [4.69, 9.17) is 5.73 Å². The Morgan fingerprint density at radius 3 is 2.65 bits per heavy atom. The summed E-state index contributed by atoms with van der Waals surface area (Å²) < 4.78 is 26.5. The molecule has 0 saturated carbocycles. The molecule has 0 spiro atoms. The number of anilines is 1. The standard InChI is InChI=1S/C11H20N2O2S2/c1-9(2)5-3-4-6-13-17(14,15)11-7-10(12)8-16-11/h7-9,13H,3-6,12H2,1-2H3. The van der Waals surface area contributed by atoms with E-state index in [1.807, 2.05) is 0 Å². The Hall–Kier alpha value is -0.590.